The summed E-state index contributed by atoms with van der Waals surface area (Å²) in [5.41, 5.74) is -0.564. The van der Waals surface area contributed by atoms with Gasteiger partial charge in [0.05, 0.1) is 24.8 Å². The van der Waals surface area contributed by atoms with Crippen LogP contribution in [0.4, 0.5) is 4.79 Å². The average molecular weight is 442 g/mol. The molecule has 0 bridgehead atoms. The van der Waals surface area contributed by atoms with Crippen LogP contribution in [0.1, 0.15) is 40.0 Å². The normalized spacial score (nSPS) is 24.6. The van der Waals surface area contributed by atoms with E-state index < -0.39 is 5.60 Å². The van der Waals surface area contributed by atoms with Crippen molar-refractivity contribution in [1.82, 2.24) is 20.4 Å². The number of likely N-dealkylation sites (N-methyl/N-ethyl adjacent to an activating group) is 1. The molecule has 10 nitrogen and oxygen atoms in total. The molecule has 2 N–H and O–H groups in total. The van der Waals surface area contributed by atoms with E-state index in [9.17, 15) is 9.59 Å². The van der Waals surface area contributed by atoms with Gasteiger partial charge in [-0.15, -0.1) is 0 Å². The number of rotatable bonds is 6. The number of carbonyl (C=O) groups excluding carboxylic acids is 2. The van der Waals surface area contributed by atoms with Crippen LogP contribution >= 0.6 is 0 Å². The lowest BCUT2D eigenvalue weighted by Gasteiger charge is -2.26. The fourth-order valence-corrected chi connectivity index (χ4v) is 3.42. The van der Waals surface area contributed by atoms with E-state index in [1.165, 1.54) is 4.90 Å². The molecule has 2 unspecified atom stereocenters. The SMILES string of the molecule is CO[C@H]1CN(C(=O)OC(C)(C)C)CC1NC(=NCC(=O)N(C)C)NCC1CCCCO1. The first-order chi connectivity index (χ1) is 14.6. The number of hydrogen-bond acceptors (Lipinski definition) is 6. The molecule has 178 valence electrons. The Balaban J connectivity index is 2.03. The molecule has 31 heavy (non-hydrogen) atoms. The quantitative estimate of drug-likeness (QED) is 0.464. The molecule has 0 aromatic rings. The highest BCUT2D eigenvalue weighted by molar-refractivity contribution is 5.85. The van der Waals surface area contributed by atoms with Gasteiger partial charge < -0.3 is 34.6 Å². The highest BCUT2D eigenvalue weighted by Crippen LogP contribution is 2.18. The van der Waals surface area contributed by atoms with Gasteiger partial charge in [-0.05, 0) is 40.0 Å². The van der Waals surface area contributed by atoms with Gasteiger partial charge in [0.1, 0.15) is 12.1 Å². The summed E-state index contributed by atoms with van der Waals surface area (Å²) in [7, 11) is 5.02. The van der Waals surface area contributed by atoms with Gasteiger partial charge in [-0.1, -0.05) is 0 Å². The molecule has 2 aliphatic rings. The van der Waals surface area contributed by atoms with E-state index in [0.717, 1.165) is 25.9 Å². The van der Waals surface area contributed by atoms with Crippen LogP contribution in [0.15, 0.2) is 4.99 Å². The van der Waals surface area contributed by atoms with Crippen molar-refractivity contribution in [3.63, 3.8) is 0 Å². The molecule has 2 amide bonds. The maximum atomic E-state index is 12.5. The van der Waals surface area contributed by atoms with Crippen molar-refractivity contribution >= 4 is 18.0 Å². The topological polar surface area (TPSA) is 105 Å². The third kappa shape index (κ3) is 8.53. The number of carbonyl (C=O) groups is 2. The van der Waals surface area contributed by atoms with Gasteiger partial charge in [0, 0.05) is 40.9 Å². The Morgan fingerprint density at radius 1 is 1.23 bits per heavy atom. The molecule has 0 aromatic carbocycles. The predicted molar refractivity (Wildman–Crippen MR) is 118 cm³/mol. The van der Waals surface area contributed by atoms with Gasteiger partial charge in [-0.3, -0.25) is 4.79 Å². The van der Waals surface area contributed by atoms with Crippen LogP contribution in [0, 0.1) is 0 Å². The first kappa shape index (κ1) is 25.2. The molecule has 3 atom stereocenters. The second-order valence-corrected chi connectivity index (χ2v) is 9.23. The van der Waals surface area contributed by atoms with Gasteiger partial charge in [-0.25, -0.2) is 9.79 Å². The predicted octanol–water partition coefficient (Wildman–Crippen LogP) is 0.813. The maximum absolute atomic E-state index is 12.5. The minimum absolute atomic E-state index is 0.0218. The summed E-state index contributed by atoms with van der Waals surface area (Å²) < 4.78 is 16.9. The number of amides is 2. The van der Waals surface area contributed by atoms with Crippen LogP contribution in [0.2, 0.25) is 0 Å². The van der Waals surface area contributed by atoms with Crippen LogP contribution in [-0.4, -0.2) is 106 Å². The van der Waals surface area contributed by atoms with Crippen molar-refractivity contribution in [1.29, 1.82) is 0 Å². The molecule has 0 aliphatic carbocycles. The Labute approximate surface area is 185 Å². The second-order valence-electron chi connectivity index (χ2n) is 9.23. The lowest BCUT2D eigenvalue weighted by atomic mass is 10.1. The molecular weight excluding hydrogens is 402 g/mol. The van der Waals surface area contributed by atoms with Crippen LogP contribution < -0.4 is 10.6 Å². The van der Waals surface area contributed by atoms with Crippen molar-refractivity contribution in [3.05, 3.63) is 0 Å². The molecule has 2 rings (SSSR count). The zero-order valence-electron chi connectivity index (χ0n) is 19.8. The lowest BCUT2D eigenvalue weighted by molar-refractivity contribution is -0.127. The molecular formula is C21H39N5O5. The number of nitrogens with zero attached hydrogens (tertiary/aromatic N) is 3. The molecule has 2 heterocycles. The Hall–Kier alpha value is -2.07. The highest BCUT2D eigenvalue weighted by atomic mass is 16.6. The van der Waals surface area contributed by atoms with E-state index in [0.29, 0.717) is 25.6 Å². The summed E-state index contributed by atoms with van der Waals surface area (Å²) in [5, 5.41) is 6.63. The van der Waals surface area contributed by atoms with Crippen molar-refractivity contribution in [3.8, 4) is 0 Å². The fourth-order valence-electron chi connectivity index (χ4n) is 3.42. The van der Waals surface area contributed by atoms with Gasteiger partial charge in [0.15, 0.2) is 5.96 Å². The summed E-state index contributed by atoms with van der Waals surface area (Å²) >= 11 is 0. The summed E-state index contributed by atoms with van der Waals surface area (Å²) in [6.07, 6.45) is 2.74. The number of guanidine groups is 1. The van der Waals surface area contributed by atoms with Gasteiger partial charge >= 0.3 is 6.09 Å². The van der Waals surface area contributed by atoms with E-state index in [-0.39, 0.29) is 36.8 Å². The minimum atomic E-state index is -0.564. The first-order valence-corrected chi connectivity index (χ1v) is 11.0. The van der Waals surface area contributed by atoms with Crippen LogP contribution in [0.5, 0.6) is 0 Å². The van der Waals surface area contributed by atoms with E-state index in [1.807, 2.05) is 20.8 Å². The molecule has 2 aliphatic heterocycles. The zero-order valence-corrected chi connectivity index (χ0v) is 19.8. The molecule has 0 aromatic heterocycles. The van der Waals surface area contributed by atoms with Crippen molar-refractivity contribution < 1.29 is 23.8 Å². The first-order valence-electron chi connectivity index (χ1n) is 11.0. The van der Waals surface area contributed by atoms with Crippen LogP contribution in [-0.2, 0) is 19.0 Å². The standard InChI is InChI=1S/C21H39N5O5/c1-21(2,3)31-20(28)26-13-16(17(14-26)29-6)24-19(23-12-18(27)25(4)5)22-11-15-9-7-8-10-30-15/h15-17H,7-14H2,1-6H3,(H2,22,23,24)/t15?,16?,17-/m0/s1. The zero-order chi connectivity index (χ0) is 23.0. The smallest absolute Gasteiger partial charge is 0.410 e. The summed E-state index contributed by atoms with van der Waals surface area (Å²) in [5.74, 6) is 0.405. The number of aliphatic imine (C=N–C) groups is 1. The minimum Gasteiger partial charge on any atom is -0.444 e. The Morgan fingerprint density at radius 3 is 2.55 bits per heavy atom. The Kier molecular flexibility index (Phi) is 9.36. The van der Waals surface area contributed by atoms with Gasteiger partial charge in [0.25, 0.3) is 0 Å². The maximum Gasteiger partial charge on any atom is 0.410 e. The van der Waals surface area contributed by atoms with Crippen LogP contribution in [0.25, 0.3) is 0 Å². The van der Waals surface area contributed by atoms with E-state index in [2.05, 4.69) is 15.6 Å². The van der Waals surface area contributed by atoms with E-state index in [4.69, 9.17) is 14.2 Å². The number of ether oxygens (including phenoxy) is 3. The number of nitrogens with one attached hydrogen (secondary N) is 2. The van der Waals surface area contributed by atoms with E-state index in [1.54, 1.807) is 26.1 Å². The Morgan fingerprint density at radius 2 is 1.97 bits per heavy atom. The van der Waals surface area contributed by atoms with Crippen molar-refractivity contribution in [2.24, 2.45) is 4.99 Å². The molecule has 2 fully saturated rings. The second kappa shape index (κ2) is 11.5. The molecule has 2 saturated heterocycles. The summed E-state index contributed by atoms with van der Waals surface area (Å²) in [6.45, 7) is 7.74. The van der Waals surface area contributed by atoms with Gasteiger partial charge in [0.2, 0.25) is 5.91 Å². The highest BCUT2D eigenvalue weighted by Gasteiger charge is 2.38. The third-order valence-electron chi connectivity index (χ3n) is 5.19. The average Bonchev–Trinajstić information content (AvgIpc) is 3.12. The summed E-state index contributed by atoms with van der Waals surface area (Å²) in [6, 6.07) is -0.189. The number of methoxy groups -OCH3 is 1. The van der Waals surface area contributed by atoms with Crippen molar-refractivity contribution in [2.45, 2.75) is 63.9 Å². The van der Waals surface area contributed by atoms with Gasteiger partial charge in [-0.2, -0.15) is 0 Å². The molecule has 0 radical (unpaired) electrons. The summed E-state index contributed by atoms with van der Waals surface area (Å²) in [4.78, 5) is 32.1. The molecule has 0 spiro atoms. The number of hydrogen-bond donors (Lipinski definition) is 2. The monoisotopic (exact) mass is 441 g/mol. The molecule has 10 heteroatoms. The van der Waals surface area contributed by atoms with Crippen LogP contribution in [0.3, 0.4) is 0 Å². The fraction of sp³-hybridized carbons (Fsp3) is 0.857. The van der Waals surface area contributed by atoms with Crippen molar-refractivity contribution in [2.75, 3.05) is 54.0 Å². The Bertz CT molecular complexity index is 628. The third-order valence-corrected chi connectivity index (χ3v) is 5.19. The lowest BCUT2D eigenvalue weighted by Crippen LogP contribution is -2.51. The number of likely N-dealkylation sites (tertiary alicyclic amines) is 1. The largest absolute Gasteiger partial charge is 0.444 e. The van der Waals surface area contributed by atoms with E-state index >= 15 is 0 Å². The molecule has 0 saturated carbocycles.